The Balaban J connectivity index is 1.10. The summed E-state index contributed by atoms with van der Waals surface area (Å²) < 4.78 is 11.6. The second-order valence-electron chi connectivity index (χ2n) is 13.8. The summed E-state index contributed by atoms with van der Waals surface area (Å²) in [4.78, 5) is 9.76. The van der Waals surface area contributed by atoms with Crippen molar-refractivity contribution in [3.8, 4) is 17.3 Å². The number of nitrogens with zero attached hydrogens (tertiary/aromatic N) is 4. The number of benzene rings is 6. The van der Waals surface area contributed by atoms with Crippen LogP contribution in [-0.2, 0) is 0 Å². The fourth-order valence-corrected chi connectivity index (χ4v) is 9.02. The van der Waals surface area contributed by atoms with Crippen LogP contribution in [0.25, 0.3) is 59.2 Å². The predicted octanol–water partition coefficient (Wildman–Crippen LogP) is 12.4. The minimum atomic E-state index is 0.305. The molecule has 0 bridgehead atoms. The highest BCUT2D eigenvalue weighted by Crippen LogP contribution is 2.45. The SMILES string of the molecule is CC(C)N1CN(c2cccc(Oc3ccc4c5ccc6sc7ccccc7c6c5n(-c5ccccn5)c4c3)c2)C(c2ccccc2)=C1c1ccccc1. The molecule has 5 nitrogen and oxygen atoms in total. The number of anilines is 1. The summed E-state index contributed by atoms with van der Waals surface area (Å²) in [5.41, 5.74) is 8.12. The van der Waals surface area contributed by atoms with Crippen LogP contribution in [0.3, 0.4) is 0 Å². The molecule has 0 saturated carbocycles. The predicted molar refractivity (Wildman–Crippen MR) is 222 cm³/mol. The van der Waals surface area contributed by atoms with Crippen molar-refractivity contribution >= 4 is 70.4 Å². The van der Waals surface area contributed by atoms with Gasteiger partial charge in [-0.25, -0.2) is 4.98 Å². The minimum Gasteiger partial charge on any atom is -0.457 e. The lowest BCUT2D eigenvalue weighted by atomic mass is 10.0. The third kappa shape index (κ3) is 5.25. The van der Waals surface area contributed by atoms with E-state index in [9.17, 15) is 0 Å². The van der Waals surface area contributed by atoms with E-state index in [-0.39, 0.29) is 0 Å². The van der Waals surface area contributed by atoms with Crippen molar-refractivity contribution in [1.82, 2.24) is 14.5 Å². The van der Waals surface area contributed by atoms with Crippen LogP contribution in [0.2, 0.25) is 0 Å². The fourth-order valence-electron chi connectivity index (χ4n) is 7.91. The molecule has 0 aliphatic carbocycles. The summed E-state index contributed by atoms with van der Waals surface area (Å²) in [5.74, 6) is 2.44. The van der Waals surface area contributed by atoms with Gasteiger partial charge in [0, 0.05) is 72.1 Å². The van der Waals surface area contributed by atoms with E-state index >= 15 is 0 Å². The van der Waals surface area contributed by atoms with Crippen LogP contribution < -0.4 is 9.64 Å². The molecule has 3 aromatic heterocycles. The highest BCUT2D eigenvalue weighted by atomic mass is 32.1. The summed E-state index contributed by atoms with van der Waals surface area (Å²) >= 11 is 1.84. The molecule has 0 fully saturated rings. The average Bonchev–Trinajstić information content (AvgIpc) is 3.89. The Labute approximate surface area is 312 Å². The number of fused-ring (bicyclic) bond motifs is 7. The zero-order valence-electron chi connectivity index (χ0n) is 29.5. The Kier molecular flexibility index (Phi) is 7.51. The van der Waals surface area contributed by atoms with Crippen molar-refractivity contribution in [2.24, 2.45) is 0 Å². The van der Waals surface area contributed by atoms with Gasteiger partial charge in [0.2, 0.25) is 0 Å². The van der Waals surface area contributed by atoms with E-state index in [4.69, 9.17) is 9.72 Å². The van der Waals surface area contributed by atoms with E-state index in [2.05, 4.69) is 174 Å². The molecule has 4 heterocycles. The van der Waals surface area contributed by atoms with Crippen molar-refractivity contribution in [2.75, 3.05) is 11.6 Å². The third-order valence-electron chi connectivity index (χ3n) is 10.3. The van der Waals surface area contributed by atoms with E-state index in [1.54, 1.807) is 0 Å². The number of rotatable bonds is 7. The van der Waals surface area contributed by atoms with Crippen molar-refractivity contribution in [1.29, 1.82) is 0 Å². The van der Waals surface area contributed by atoms with Gasteiger partial charge >= 0.3 is 0 Å². The molecule has 6 heteroatoms. The van der Waals surface area contributed by atoms with Gasteiger partial charge in [-0.15, -0.1) is 11.3 Å². The highest BCUT2D eigenvalue weighted by molar-refractivity contribution is 7.26. The second kappa shape index (κ2) is 12.7. The Bertz CT molecular complexity index is 2820. The summed E-state index contributed by atoms with van der Waals surface area (Å²) in [6.45, 7) is 5.26. The van der Waals surface area contributed by atoms with Crippen LogP contribution in [0, 0.1) is 0 Å². The first-order valence-corrected chi connectivity index (χ1v) is 18.9. The van der Waals surface area contributed by atoms with E-state index in [0.29, 0.717) is 6.04 Å². The Morgan fingerprint density at radius 1 is 0.604 bits per heavy atom. The van der Waals surface area contributed by atoms with Gasteiger partial charge in [-0.3, -0.25) is 4.57 Å². The van der Waals surface area contributed by atoms with Gasteiger partial charge in [0.25, 0.3) is 0 Å². The van der Waals surface area contributed by atoms with E-state index in [1.165, 1.54) is 59.0 Å². The van der Waals surface area contributed by atoms with Crippen molar-refractivity contribution in [3.05, 3.63) is 175 Å². The standard InChI is InChI=1S/C47H36N4OS/c1-31(2)49-30-50(46(33-16-7-4-8-17-33)45(49)32-14-5-3-6-15-32)34-18-13-19-35(28-34)52-36-23-24-37-38-25-26-42-44(39-20-9-10-21-41(39)53-42)47(38)51(40(37)29-36)43-22-11-12-27-48-43/h3-29,31H,30H2,1-2H3. The summed E-state index contributed by atoms with van der Waals surface area (Å²) in [6.07, 6.45) is 1.87. The Hall–Kier alpha value is -6.37. The van der Waals surface area contributed by atoms with Crippen LogP contribution in [-0.4, -0.2) is 27.2 Å². The minimum absolute atomic E-state index is 0.305. The topological polar surface area (TPSA) is 33.5 Å². The molecule has 0 saturated heterocycles. The first-order valence-electron chi connectivity index (χ1n) is 18.1. The molecule has 10 rings (SSSR count). The van der Waals surface area contributed by atoms with Crippen LogP contribution in [0.1, 0.15) is 25.0 Å². The normalized spacial score (nSPS) is 13.4. The Morgan fingerprint density at radius 2 is 1.32 bits per heavy atom. The summed E-state index contributed by atoms with van der Waals surface area (Å²) in [7, 11) is 0. The van der Waals surface area contributed by atoms with Crippen LogP contribution in [0.15, 0.2) is 164 Å². The molecular formula is C47H36N4OS. The summed E-state index contributed by atoms with van der Waals surface area (Å²) in [5, 5.41) is 4.90. The maximum absolute atomic E-state index is 6.76. The van der Waals surface area contributed by atoms with Crippen LogP contribution in [0.4, 0.5) is 5.69 Å². The first-order chi connectivity index (χ1) is 26.1. The van der Waals surface area contributed by atoms with E-state index < -0.39 is 0 Å². The maximum atomic E-state index is 6.76. The maximum Gasteiger partial charge on any atom is 0.137 e. The molecule has 0 N–H and O–H groups in total. The lowest BCUT2D eigenvalue weighted by Crippen LogP contribution is -2.32. The molecule has 53 heavy (non-hydrogen) atoms. The number of ether oxygens (including phenoxy) is 1. The lowest BCUT2D eigenvalue weighted by molar-refractivity contribution is 0.353. The zero-order chi connectivity index (χ0) is 35.5. The summed E-state index contributed by atoms with van der Waals surface area (Å²) in [6, 6.07) is 56.0. The van der Waals surface area contributed by atoms with Crippen molar-refractivity contribution < 1.29 is 4.74 Å². The van der Waals surface area contributed by atoms with Crippen molar-refractivity contribution in [2.45, 2.75) is 19.9 Å². The lowest BCUT2D eigenvalue weighted by Gasteiger charge is -2.28. The molecule has 9 aromatic rings. The van der Waals surface area contributed by atoms with Gasteiger partial charge in [-0.05, 0) is 62.4 Å². The molecule has 1 aliphatic heterocycles. The van der Waals surface area contributed by atoms with Gasteiger partial charge in [0.05, 0.1) is 29.1 Å². The van der Waals surface area contributed by atoms with Crippen molar-refractivity contribution in [3.63, 3.8) is 0 Å². The molecule has 256 valence electrons. The molecular weight excluding hydrogens is 669 g/mol. The van der Waals surface area contributed by atoms with Gasteiger partial charge in [0.15, 0.2) is 0 Å². The fraction of sp³-hybridized carbons (Fsp3) is 0.0851. The Morgan fingerprint density at radius 3 is 2.09 bits per heavy atom. The zero-order valence-corrected chi connectivity index (χ0v) is 30.3. The van der Waals surface area contributed by atoms with E-state index in [1.807, 2.05) is 29.7 Å². The molecule has 0 unspecified atom stereocenters. The average molecular weight is 705 g/mol. The number of hydrogen-bond acceptors (Lipinski definition) is 5. The molecule has 1 aliphatic rings. The quantitative estimate of drug-likeness (QED) is 0.165. The third-order valence-corrected chi connectivity index (χ3v) is 11.4. The second-order valence-corrected chi connectivity index (χ2v) is 14.9. The van der Waals surface area contributed by atoms with Gasteiger partial charge < -0.3 is 14.5 Å². The largest absolute Gasteiger partial charge is 0.457 e. The van der Waals surface area contributed by atoms with Gasteiger partial charge in [-0.1, -0.05) is 97.1 Å². The molecule has 0 radical (unpaired) electrons. The molecule has 0 atom stereocenters. The number of thiophene rings is 1. The number of hydrogen-bond donors (Lipinski definition) is 0. The number of pyridine rings is 1. The smallest absolute Gasteiger partial charge is 0.137 e. The molecule has 0 amide bonds. The van der Waals surface area contributed by atoms with Crippen LogP contribution >= 0.6 is 11.3 Å². The van der Waals surface area contributed by atoms with Crippen LogP contribution in [0.5, 0.6) is 11.5 Å². The van der Waals surface area contributed by atoms with E-state index in [0.717, 1.165) is 35.2 Å². The van der Waals surface area contributed by atoms with Gasteiger partial charge in [-0.2, -0.15) is 0 Å². The monoisotopic (exact) mass is 704 g/mol. The number of aromatic nitrogens is 2. The molecule has 0 spiro atoms. The first kappa shape index (κ1) is 31.4. The highest BCUT2D eigenvalue weighted by Gasteiger charge is 2.33. The molecule has 6 aromatic carbocycles. The van der Waals surface area contributed by atoms with Gasteiger partial charge in [0.1, 0.15) is 17.3 Å².